The molecule has 20 heavy (non-hydrogen) atoms. The Morgan fingerprint density at radius 2 is 2.05 bits per heavy atom. The van der Waals surface area contributed by atoms with Gasteiger partial charge in [-0.3, -0.25) is 4.79 Å². The summed E-state index contributed by atoms with van der Waals surface area (Å²) in [5.74, 6) is 0.911. The molecular formula is C15H18ClN3O. The standard InChI is InChI=1S/C15H18ClN3O/c1-2-18-11-9-17-14(15(18)20)19(10-8-16)12-13-6-4-3-5-7-13/h3-7,9,11H,2,8,10,12H2,1H3. The second-order valence-corrected chi connectivity index (χ2v) is 4.82. The third-order valence-corrected chi connectivity index (χ3v) is 3.28. The SMILES string of the molecule is CCn1ccnc(N(CCCl)Cc2ccccc2)c1=O. The van der Waals surface area contributed by atoms with E-state index in [1.807, 2.05) is 42.2 Å². The lowest BCUT2D eigenvalue weighted by Gasteiger charge is -2.22. The molecule has 0 aliphatic rings. The van der Waals surface area contributed by atoms with E-state index in [1.54, 1.807) is 17.0 Å². The third-order valence-electron chi connectivity index (χ3n) is 3.11. The Kier molecular flexibility index (Phi) is 5.18. The molecule has 0 unspecified atom stereocenters. The number of anilines is 1. The van der Waals surface area contributed by atoms with Crippen molar-refractivity contribution in [3.05, 3.63) is 58.6 Å². The highest BCUT2D eigenvalue weighted by Crippen LogP contribution is 2.10. The van der Waals surface area contributed by atoms with E-state index < -0.39 is 0 Å². The smallest absolute Gasteiger partial charge is 0.293 e. The van der Waals surface area contributed by atoms with Crippen LogP contribution in [-0.4, -0.2) is 22.0 Å². The second kappa shape index (κ2) is 7.10. The minimum Gasteiger partial charge on any atom is -0.347 e. The van der Waals surface area contributed by atoms with Gasteiger partial charge in [-0.15, -0.1) is 11.6 Å². The lowest BCUT2D eigenvalue weighted by atomic mass is 10.2. The highest BCUT2D eigenvalue weighted by atomic mass is 35.5. The van der Waals surface area contributed by atoms with Crippen molar-refractivity contribution in [2.75, 3.05) is 17.3 Å². The molecule has 0 N–H and O–H groups in total. The molecule has 106 valence electrons. The number of alkyl halides is 1. The monoisotopic (exact) mass is 291 g/mol. The maximum atomic E-state index is 12.3. The van der Waals surface area contributed by atoms with E-state index >= 15 is 0 Å². The average molecular weight is 292 g/mol. The summed E-state index contributed by atoms with van der Waals surface area (Å²) in [4.78, 5) is 18.5. The Labute approximate surface area is 123 Å². The van der Waals surface area contributed by atoms with Gasteiger partial charge >= 0.3 is 0 Å². The van der Waals surface area contributed by atoms with Crippen molar-refractivity contribution in [1.82, 2.24) is 9.55 Å². The Hall–Kier alpha value is -1.81. The fourth-order valence-corrected chi connectivity index (χ4v) is 2.27. The molecule has 0 radical (unpaired) electrons. The number of aromatic nitrogens is 2. The number of halogens is 1. The summed E-state index contributed by atoms with van der Waals surface area (Å²) < 4.78 is 1.65. The molecule has 0 atom stereocenters. The first-order chi connectivity index (χ1) is 9.76. The number of hydrogen-bond donors (Lipinski definition) is 0. The van der Waals surface area contributed by atoms with Gasteiger partial charge in [-0.1, -0.05) is 30.3 Å². The molecule has 0 saturated carbocycles. The molecule has 4 nitrogen and oxygen atoms in total. The van der Waals surface area contributed by atoms with Gasteiger partial charge in [0.1, 0.15) is 0 Å². The molecule has 2 aromatic rings. The highest BCUT2D eigenvalue weighted by Gasteiger charge is 2.13. The zero-order valence-corrected chi connectivity index (χ0v) is 12.3. The maximum absolute atomic E-state index is 12.3. The van der Waals surface area contributed by atoms with Crippen LogP contribution in [0.4, 0.5) is 5.82 Å². The summed E-state index contributed by atoms with van der Waals surface area (Å²) >= 11 is 5.86. The van der Waals surface area contributed by atoms with Gasteiger partial charge in [0.25, 0.3) is 5.56 Å². The summed E-state index contributed by atoms with van der Waals surface area (Å²) in [5.41, 5.74) is 1.06. The predicted molar refractivity (Wildman–Crippen MR) is 82.4 cm³/mol. The average Bonchev–Trinajstić information content (AvgIpc) is 2.48. The minimum absolute atomic E-state index is 0.0731. The van der Waals surface area contributed by atoms with E-state index in [4.69, 9.17) is 11.6 Å². The molecule has 1 aromatic heterocycles. The minimum atomic E-state index is -0.0731. The van der Waals surface area contributed by atoms with Crippen LogP contribution >= 0.6 is 11.6 Å². The van der Waals surface area contributed by atoms with Crippen molar-refractivity contribution in [3.8, 4) is 0 Å². The molecule has 0 bridgehead atoms. The summed E-state index contributed by atoms with van der Waals surface area (Å²) in [7, 11) is 0. The van der Waals surface area contributed by atoms with E-state index in [-0.39, 0.29) is 5.56 Å². The van der Waals surface area contributed by atoms with Gasteiger partial charge in [0.2, 0.25) is 0 Å². The molecule has 0 saturated heterocycles. The van der Waals surface area contributed by atoms with Crippen LogP contribution in [-0.2, 0) is 13.1 Å². The van der Waals surface area contributed by atoms with Gasteiger partial charge in [0.05, 0.1) is 0 Å². The maximum Gasteiger partial charge on any atom is 0.293 e. The molecular weight excluding hydrogens is 274 g/mol. The van der Waals surface area contributed by atoms with Crippen LogP contribution in [0.3, 0.4) is 0 Å². The Bertz CT molecular complexity index is 598. The normalized spacial score (nSPS) is 10.5. The Morgan fingerprint density at radius 3 is 2.70 bits per heavy atom. The van der Waals surface area contributed by atoms with Crippen LogP contribution in [0, 0.1) is 0 Å². The van der Waals surface area contributed by atoms with E-state index in [0.717, 1.165) is 5.56 Å². The van der Waals surface area contributed by atoms with Crippen LogP contribution in [0.5, 0.6) is 0 Å². The van der Waals surface area contributed by atoms with E-state index in [0.29, 0.717) is 31.3 Å². The molecule has 1 heterocycles. The molecule has 2 rings (SSSR count). The summed E-state index contributed by atoms with van der Waals surface area (Å²) in [6.45, 7) is 3.79. The molecule has 0 spiro atoms. The largest absolute Gasteiger partial charge is 0.347 e. The summed E-state index contributed by atoms with van der Waals surface area (Å²) in [6.07, 6.45) is 3.36. The number of benzene rings is 1. The van der Waals surface area contributed by atoms with Crippen molar-refractivity contribution in [3.63, 3.8) is 0 Å². The zero-order chi connectivity index (χ0) is 14.4. The molecule has 0 fully saturated rings. The number of hydrogen-bond acceptors (Lipinski definition) is 3. The molecule has 5 heteroatoms. The Balaban J connectivity index is 2.31. The van der Waals surface area contributed by atoms with Crippen molar-refractivity contribution >= 4 is 17.4 Å². The van der Waals surface area contributed by atoms with Gasteiger partial charge in [-0.25, -0.2) is 4.98 Å². The van der Waals surface area contributed by atoms with Crippen LogP contribution in [0.15, 0.2) is 47.5 Å². The molecule has 0 amide bonds. The van der Waals surface area contributed by atoms with Gasteiger partial charge < -0.3 is 9.47 Å². The van der Waals surface area contributed by atoms with E-state index in [1.165, 1.54) is 0 Å². The highest BCUT2D eigenvalue weighted by molar-refractivity contribution is 6.18. The van der Waals surface area contributed by atoms with Gasteiger partial charge in [0.15, 0.2) is 5.82 Å². The van der Waals surface area contributed by atoms with Gasteiger partial charge in [0, 0.05) is 37.9 Å². The number of aryl methyl sites for hydroxylation is 1. The summed E-state index contributed by atoms with van der Waals surface area (Å²) in [6, 6.07) is 10.00. The number of rotatable bonds is 6. The molecule has 0 aliphatic carbocycles. The summed E-state index contributed by atoms with van der Waals surface area (Å²) in [5, 5.41) is 0. The first-order valence-corrected chi connectivity index (χ1v) is 7.20. The fraction of sp³-hybridized carbons (Fsp3) is 0.333. The molecule has 1 aromatic carbocycles. The van der Waals surface area contributed by atoms with Crippen molar-refractivity contribution in [1.29, 1.82) is 0 Å². The first-order valence-electron chi connectivity index (χ1n) is 6.66. The lowest BCUT2D eigenvalue weighted by molar-refractivity contribution is 0.699. The van der Waals surface area contributed by atoms with Crippen molar-refractivity contribution in [2.24, 2.45) is 0 Å². The quantitative estimate of drug-likeness (QED) is 0.768. The zero-order valence-electron chi connectivity index (χ0n) is 11.5. The Morgan fingerprint density at radius 1 is 1.30 bits per heavy atom. The second-order valence-electron chi connectivity index (χ2n) is 4.44. The van der Waals surface area contributed by atoms with Crippen LogP contribution in [0.1, 0.15) is 12.5 Å². The fourth-order valence-electron chi connectivity index (χ4n) is 2.07. The van der Waals surface area contributed by atoms with Crippen LogP contribution < -0.4 is 10.5 Å². The topological polar surface area (TPSA) is 38.1 Å². The molecule has 0 aliphatic heterocycles. The van der Waals surface area contributed by atoms with E-state index in [2.05, 4.69) is 4.98 Å². The van der Waals surface area contributed by atoms with Gasteiger partial charge in [-0.05, 0) is 12.5 Å². The third kappa shape index (κ3) is 3.39. The van der Waals surface area contributed by atoms with Gasteiger partial charge in [-0.2, -0.15) is 0 Å². The van der Waals surface area contributed by atoms with Crippen LogP contribution in [0.2, 0.25) is 0 Å². The van der Waals surface area contributed by atoms with Crippen molar-refractivity contribution in [2.45, 2.75) is 20.0 Å². The predicted octanol–water partition coefficient (Wildman–Crippen LogP) is 2.51. The number of nitrogens with zero attached hydrogens (tertiary/aromatic N) is 3. The van der Waals surface area contributed by atoms with E-state index in [9.17, 15) is 4.79 Å². The lowest BCUT2D eigenvalue weighted by Crippen LogP contribution is -2.34. The first kappa shape index (κ1) is 14.6. The van der Waals surface area contributed by atoms with Crippen LogP contribution in [0.25, 0.3) is 0 Å². The van der Waals surface area contributed by atoms with Crippen molar-refractivity contribution < 1.29 is 0 Å².